The van der Waals surface area contributed by atoms with E-state index in [4.69, 9.17) is 4.74 Å². The van der Waals surface area contributed by atoms with Crippen LogP contribution in [-0.2, 0) is 22.6 Å². The molecule has 1 heterocycles. The molecule has 1 aromatic heterocycles. The number of carbonyl (C=O) groups excluding carboxylic acids is 2. The minimum Gasteiger partial charge on any atom is -0.497 e. The van der Waals surface area contributed by atoms with Gasteiger partial charge in [-0.1, -0.05) is 36.8 Å². The van der Waals surface area contributed by atoms with E-state index in [1.807, 2.05) is 61.3 Å². The molecule has 0 spiro atoms. The molecule has 3 aromatic rings. The summed E-state index contributed by atoms with van der Waals surface area (Å²) in [6.45, 7) is 5.18. The van der Waals surface area contributed by atoms with E-state index in [1.165, 1.54) is 10.9 Å². The van der Waals surface area contributed by atoms with Gasteiger partial charge in [0, 0.05) is 42.1 Å². The second-order valence-electron chi connectivity index (χ2n) is 9.46. The summed E-state index contributed by atoms with van der Waals surface area (Å²) in [5, 5.41) is 1.18. The van der Waals surface area contributed by atoms with E-state index in [0.29, 0.717) is 13.1 Å². The number of amides is 2. The molecule has 6 nitrogen and oxygen atoms in total. The molecule has 6 heteroatoms. The van der Waals surface area contributed by atoms with Crippen LogP contribution in [0.1, 0.15) is 44.2 Å². The van der Waals surface area contributed by atoms with Gasteiger partial charge in [0.1, 0.15) is 5.75 Å². The Balaban J connectivity index is 1.51. The highest BCUT2D eigenvalue weighted by atomic mass is 16.5. The molecule has 1 aliphatic rings. The van der Waals surface area contributed by atoms with Gasteiger partial charge in [0.25, 0.3) is 0 Å². The van der Waals surface area contributed by atoms with Crippen LogP contribution in [-0.4, -0.2) is 52.8 Å². The first-order valence-corrected chi connectivity index (χ1v) is 12.2. The lowest BCUT2D eigenvalue weighted by Gasteiger charge is -2.35. The number of ether oxygens (including phenoxy) is 1. The van der Waals surface area contributed by atoms with E-state index in [0.717, 1.165) is 42.5 Å². The first-order valence-electron chi connectivity index (χ1n) is 12.2. The van der Waals surface area contributed by atoms with Crippen LogP contribution in [0.4, 0.5) is 0 Å². The van der Waals surface area contributed by atoms with Gasteiger partial charge >= 0.3 is 0 Å². The second kappa shape index (κ2) is 10.8. The lowest BCUT2D eigenvalue weighted by molar-refractivity contribution is -0.146. The zero-order valence-electron chi connectivity index (χ0n) is 20.4. The van der Waals surface area contributed by atoms with Crippen LogP contribution < -0.4 is 4.74 Å². The molecule has 1 N–H and O–H groups in total. The van der Waals surface area contributed by atoms with Crippen molar-refractivity contribution in [2.75, 3.05) is 20.2 Å². The number of aromatic nitrogens is 1. The smallest absolute Gasteiger partial charge is 0.242 e. The highest BCUT2D eigenvalue weighted by Gasteiger charge is 2.32. The Kier molecular flexibility index (Phi) is 7.56. The van der Waals surface area contributed by atoms with E-state index in [2.05, 4.69) is 17.1 Å². The van der Waals surface area contributed by atoms with Crippen LogP contribution >= 0.6 is 0 Å². The molecule has 0 unspecified atom stereocenters. The molecular weight excluding hydrogens is 426 g/mol. The molecule has 2 amide bonds. The van der Waals surface area contributed by atoms with Gasteiger partial charge in [0.2, 0.25) is 11.8 Å². The Bertz CT molecular complexity index is 1120. The molecule has 1 fully saturated rings. The molecule has 1 saturated carbocycles. The number of rotatable bonds is 10. The van der Waals surface area contributed by atoms with Gasteiger partial charge in [0.15, 0.2) is 0 Å². The molecule has 0 saturated heterocycles. The van der Waals surface area contributed by atoms with E-state index in [1.54, 1.807) is 12.0 Å². The van der Waals surface area contributed by atoms with Crippen LogP contribution in [0.2, 0.25) is 0 Å². The van der Waals surface area contributed by atoms with E-state index in [-0.39, 0.29) is 30.3 Å². The van der Waals surface area contributed by atoms with E-state index >= 15 is 0 Å². The molecule has 2 aromatic carbocycles. The van der Waals surface area contributed by atoms with Gasteiger partial charge in [0.05, 0.1) is 13.7 Å². The van der Waals surface area contributed by atoms with E-state index in [9.17, 15) is 9.59 Å². The number of aromatic amines is 1. The maximum Gasteiger partial charge on any atom is 0.242 e. The topological polar surface area (TPSA) is 65.6 Å². The Hall–Kier alpha value is -3.28. The second-order valence-corrected chi connectivity index (χ2v) is 9.46. The lowest BCUT2D eigenvalue weighted by atomic mass is 9.84. The molecule has 0 radical (unpaired) electrons. The van der Waals surface area contributed by atoms with Crippen molar-refractivity contribution in [1.29, 1.82) is 0 Å². The number of nitrogens with zero attached hydrogens (tertiary/aromatic N) is 2. The van der Waals surface area contributed by atoms with Crippen molar-refractivity contribution in [3.8, 4) is 5.75 Å². The first-order chi connectivity index (χ1) is 16.5. The van der Waals surface area contributed by atoms with Gasteiger partial charge in [-0.3, -0.25) is 9.59 Å². The fraction of sp³-hybridized carbons (Fsp3) is 0.429. The number of benzene rings is 2. The zero-order chi connectivity index (χ0) is 24.1. The average Bonchev–Trinajstić information content (AvgIpc) is 3.22. The maximum atomic E-state index is 13.5. The molecule has 0 aliphatic heterocycles. The van der Waals surface area contributed by atoms with Crippen LogP contribution in [0.5, 0.6) is 5.75 Å². The molecule has 34 heavy (non-hydrogen) atoms. The Labute approximate surface area is 201 Å². The molecule has 0 atom stereocenters. The van der Waals surface area contributed by atoms with Crippen LogP contribution in [0.3, 0.4) is 0 Å². The third-order valence-electron chi connectivity index (χ3n) is 6.88. The number of methoxy groups -OCH3 is 1. The summed E-state index contributed by atoms with van der Waals surface area (Å²) in [7, 11) is 1.64. The highest BCUT2D eigenvalue weighted by Crippen LogP contribution is 2.29. The number of carbonyl (C=O) groups is 2. The monoisotopic (exact) mass is 461 g/mol. The van der Waals surface area contributed by atoms with E-state index < -0.39 is 0 Å². The molecular formula is C28H35N3O3. The minimum atomic E-state index is -0.0166. The molecule has 4 rings (SSSR count). The van der Waals surface area contributed by atoms with Crippen LogP contribution in [0, 0.1) is 5.92 Å². The summed E-state index contributed by atoms with van der Waals surface area (Å²) in [5.41, 5.74) is 3.33. The largest absolute Gasteiger partial charge is 0.497 e. The van der Waals surface area contributed by atoms with Crippen molar-refractivity contribution in [3.63, 3.8) is 0 Å². The Morgan fingerprint density at radius 3 is 2.47 bits per heavy atom. The fourth-order valence-corrected chi connectivity index (χ4v) is 4.49. The number of hydrogen-bond donors (Lipinski definition) is 1. The van der Waals surface area contributed by atoms with Crippen LogP contribution in [0.25, 0.3) is 10.9 Å². The van der Waals surface area contributed by atoms with Gasteiger partial charge in [-0.15, -0.1) is 0 Å². The standard InChI is InChI=1S/C28H35N3O3/c1-20(2)31(28(33)22-7-6-8-22)19-27(32)30(18-21-11-13-24(34-3)14-12-21)16-15-23-17-29-26-10-5-4-9-25(23)26/h4-5,9-14,17,20,22,29H,6-8,15-16,18-19H2,1-3H3. The van der Waals surface area contributed by atoms with Crippen molar-refractivity contribution in [2.24, 2.45) is 5.92 Å². The molecule has 0 bridgehead atoms. The van der Waals surface area contributed by atoms with Crippen molar-refractivity contribution < 1.29 is 14.3 Å². The fourth-order valence-electron chi connectivity index (χ4n) is 4.49. The van der Waals surface area contributed by atoms with Crippen LogP contribution in [0.15, 0.2) is 54.7 Å². The summed E-state index contributed by atoms with van der Waals surface area (Å²) in [4.78, 5) is 33.5. The minimum absolute atomic E-state index is 0.00601. The highest BCUT2D eigenvalue weighted by molar-refractivity contribution is 5.87. The van der Waals surface area contributed by atoms with Crippen molar-refractivity contribution in [2.45, 2.75) is 52.1 Å². The maximum absolute atomic E-state index is 13.5. The summed E-state index contributed by atoms with van der Waals surface area (Å²) >= 11 is 0. The van der Waals surface area contributed by atoms with Gasteiger partial charge < -0.3 is 19.5 Å². The van der Waals surface area contributed by atoms with Gasteiger partial charge in [-0.2, -0.15) is 0 Å². The summed E-state index contributed by atoms with van der Waals surface area (Å²) in [5.74, 6) is 0.974. The van der Waals surface area contributed by atoms with Gasteiger partial charge in [-0.25, -0.2) is 0 Å². The van der Waals surface area contributed by atoms with Crippen molar-refractivity contribution in [1.82, 2.24) is 14.8 Å². The number of para-hydroxylation sites is 1. The zero-order valence-corrected chi connectivity index (χ0v) is 20.4. The summed E-state index contributed by atoms with van der Waals surface area (Å²) in [6.07, 6.45) is 5.74. The SMILES string of the molecule is COc1ccc(CN(CCc2c[nH]c3ccccc23)C(=O)CN(C(=O)C2CCC2)C(C)C)cc1. The quantitative estimate of drug-likeness (QED) is 0.472. The normalized spacial score (nSPS) is 13.6. The third kappa shape index (κ3) is 5.44. The van der Waals surface area contributed by atoms with Crippen molar-refractivity contribution >= 4 is 22.7 Å². The lowest BCUT2D eigenvalue weighted by Crippen LogP contribution is -2.49. The first kappa shape index (κ1) is 23.9. The molecule has 1 aliphatic carbocycles. The summed E-state index contributed by atoms with van der Waals surface area (Å²) < 4.78 is 5.27. The predicted octanol–water partition coefficient (Wildman–Crippen LogP) is 4.78. The number of nitrogens with one attached hydrogen (secondary N) is 1. The Morgan fingerprint density at radius 1 is 1.09 bits per heavy atom. The molecule has 180 valence electrons. The average molecular weight is 462 g/mol. The third-order valence-corrected chi connectivity index (χ3v) is 6.88. The Morgan fingerprint density at radius 2 is 1.82 bits per heavy atom. The number of fused-ring (bicyclic) bond motifs is 1. The summed E-state index contributed by atoms with van der Waals surface area (Å²) in [6, 6.07) is 16.0. The number of H-pyrrole nitrogens is 1. The van der Waals surface area contributed by atoms with Crippen molar-refractivity contribution in [3.05, 3.63) is 65.9 Å². The number of hydrogen-bond acceptors (Lipinski definition) is 3. The van der Waals surface area contributed by atoms with Gasteiger partial charge in [-0.05, 0) is 62.4 Å². The predicted molar refractivity (Wildman–Crippen MR) is 135 cm³/mol.